The van der Waals surface area contributed by atoms with Gasteiger partial charge in [-0.2, -0.15) is 0 Å². The fraction of sp³-hybridized carbons (Fsp3) is 0.545. The number of rotatable bonds is 5. The Labute approximate surface area is 114 Å². The zero-order valence-corrected chi connectivity index (χ0v) is 10.7. The fourth-order valence-electron chi connectivity index (χ4n) is 1.60. The maximum absolute atomic E-state index is 11.6. The number of carboxylic acids is 1. The van der Waals surface area contributed by atoms with Crippen molar-refractivity contribution in [1.29, 1.82) is 0 Å². The van der Waals surface area contributed by atoms with Crippen LogP contribution >= 0.6 is 0 Å². The van der Waals surface area contributed by atoms with Crippen LogP contribution in [0.2, 0.25) is 0 Å². The number of nitrogens with zero attached hydrogens (tertiary/aromatic N) is 1. The van der Waals surface area contributed by atoms with Crippen LogP contribution in [0, 0.1) is 0 Å². The number of carbonyl (C=O) groups is 5. The molecule has 1 heterocycles. The molecule has 0 bridgehead atoms. The number of unbranched alkanes of at least 4 members (excludes halogenated alkanes) is 1. The smallest absolute Gasteiger partial charge is 0.324 e. The minimum atomic E-state index is -0.945. The second-order valence-electron chi connectivity index (χ2n) is 4.28. The number of hydrogen-bond acceptors (Lipinski definition) is 5. The highest BCUT2D eigenvalue weighted by Gasteiger charge is 2.27. The third-order valence-electron chi connectivity index (χ3n) is 2.53. The highest BCUT2D eigenvalue weighted by Crippen LogP contribution is 2.01. The summed E-state index contributed by atoms with van der Waals surface area (Å²) in [6, 6.07) is -0.809. The lowest BCUT2D eigenvalue weighted by atomic mass is 10.2. The number of carbonyl (C=O) groups excluding carboxylic acids is 4. The van der Waals surface area contributed by atoms with Gasteiger partial charge in [0.2, 0.25) is 17.7 Å². The molecule has 1 fully saturated rings. The van der Waals surface area contributed by atoms with E-state index in [0.717, 1.165) is 4.90 Å². The molecule has 5 amide bonds. The molecule has 0 saturated carbocycles. The summed E-state index contributed by atoms with van der Waals surface area (Å²) in [5.74, 6) is -2.73. The summed E-state index contributed by atoms with van der Waals surface area (Å²) in [6.07, 6.45) is 0.640. The van der Waals surface area contributed by atoms with Gasteiger partial charge in [0.05, 0.1) is 0 Å². The first-order chi connectivity index (χ1) is 9.38. The number of piperazine rings is 1. The number of amides is 5. The van der Waals surface area contributed by atoms with E-state index in [1.807, 2.05) is 10.6 Å². The summed E-state index contributed by atoms with van der Waals surface area (Å²) in [7, 11) is 0. The highest BCUT2D eigenvalue weighted by molar-refractivity contribution is 6.04. The molecule has 0 aliphatic carbocycles. The van der Waals surface area contributed by atoms with Crippen LogP contribution in [-0.2, 0) is 19.2 Å². The van der Waals surface area contributed by atoms with Crippen molar-refractivity contribution in [2.45, 2.75) is 25.7 Å². The van der Waals surface area contributed by atoms with Crippen molar-refractivity contribution in [2.75, 3.05) is 13.1 Å². The van der Waals surface area contributed by atoms with E-state index in [0.29, 0.717) is 12.8 Å². The summed E-state index contributed by atoms with van der Waals surface area (Å²) in [5.41, 5.74) is 0. The lowest BCUT2D eigenvalue weighted by molar-refractivity contribution is -0.137. The normalized spacial score (nSPS) is 14.7. The van der Waals surface area contributed by atoms with Gasteiger partial charge in [0.25, 0.3) is 0 Å². The van der Waals surface area contributed by atoms with Crippen LogP contribution in [0.4, 0.5) is 4.79 Å². The summed E-state index contributed by atoms with van der Waals surface area (Å²) in [5, 5.41) is 12.5. The standard InChI is InChI=1S/C11H15N3O6/c15-7(3-1-2-4-10(18)19)13-11(20)14-5-8(16)12-9(17)6-14/h1-6H2,(H,18,19)(H,12,16,17)(H,13,15,20). The Morgan fingerprint density at radius 1 is 1.10 bits per heavy atom. The Hall–Kier alpha value is -2.45. The lowest BCUT2D eigenvalue weighted by Gasteiger charge is -2.25. The topological polar surface area (TPSA) is 133 Å². The zero-order chi connectivity index (χ0) is 15.1. The van der Waals surface area contributed by atoms with E-state index < -0.39 is 29.7 Å². The second kappa shape index (κ2) is 7.22. The number of carboxylic acid groups (broad SMARTS) is 1. The van der Waals surface area contributed by atoms with Gasteiger partial charge in [0, 0.05) is 12.8 Å². The van der Waals surface area contributed by atoms with Crippen molar-refractivity contribution in [2.24, 2.45) is 0 Å². The van der Waals surface area contributed by atoms with Crippen molar-refractivity contribution in [3.8, 4) is 0 Å². The molecule has 20 heavy (non-hydrogen) atoms. The van der Waals surface area contributed by atoms with Crippen molar-refractivity contribution in [3.05, 3.63) is 0 Å². The molecule has 9 nitrogen and oxygen atoms in total. The van der Waals surface area contributed by atoms with Crippen molar-refractivity contribution in [1.82, 2.24) is 15.5 Å². The average Bonchev–Trinajstić information content (AvgIpc) is 2.33. The van der Waals surface area contributed by atoms with Gasteiger partial charge in [-0.15, -0.1) is 0 Å². The molecular formula is C11H15N3O6. The quantitative estimate of drug-likeness (QED) is 0.430. The number of urea groups is 1. The molecular weight excluding hydrogens is 270 g/mol. The van der Waals surface area contributed by atoms with Gasteiger partial charge < -0.3 is 10.0 Å². The van der Waals surface area contributed by atoms with Gasteiger partial charge in [0.15, 0.2) is 0 Å². The van der Waals surface area contributed by atoms with Gasteiger partial charge in [-0.05, 0) is 12.8 Å². The fourth-order valence-corrected chi connectivity index (χ4v) is 1.60. The van der Waals surface area contributed by atoms with Gasteiger partial charge in [-0.3, -0.25) is 29.8 Å². The van der Waals surface area contributed by atoms with Gasteiger partial charge in [0.1, 0.15) is 13.1 Å². The molecule has 0 aromatic rings. The van der Waals surface area contributed by atoms with E-state index in [4.69, 9.17) is 5.11 Å². The predicted octanol–water partition coefficient (Wildman–Crippen LogP) is -1.17. The summed E-state index contributed by atoms with van der Waals surface area (Å²) in [6.45, 7) is -0.576. The third kappa shape index (κ3) is 5.46. The molecule has 0 radical (unpaired) electrons. The molecule has 0 aromatic carbocycles. The molecule has 1 aliphatic rings. The second-order valence-corrected chi connectivity index (χ2v) is 4.28. The monoisotopic (exact) mass is 285 g/mol. The first-order valence-corrected chi connectivity index (χ1v) is 6.01. The lowest BCUT2D eigenvalue weighted by Crippen LogP contribution is -2.56. The molecule has 1 aliphatic heterocycles. The molecule has 0 spiro atoms. The van der Waals surface area contributed by atoms with E-state index in [-0.39, 0.29) is 25.9 Å². The maximum atomic E-state index is 11.6. The average molecular weight is 285 g/mol. The van der Waals surface area contributed by atoms with E-state index in [1.165, 1.54) is 0 Å². The van der Waals surface area contributed by atoms with Gasteiger partial charge >= 0.3 is 12.0 Å². The molecule has 9 heteroatoms. The van der Waals surface area contributed by atoms with E-state index >= 15 is 0 Å². The van der Waals surface area contributed by atoms with Gasteiger partial charge in [-0.25, -0.2) is 4.79 Å². The SMILES string of the molecule is O=C(O)CCCCC(=O)NC(=O)N1CC(=O)NC(=O)C1. The van der Waals surface area contributed by atoms with Crippen LogP contribution in [0.25, 0.3) is 0 Å². The minimum absolute atomic E-state index is 0.00695. The van der Waals surface area contributed by atoms with E-state index in [2.05, 4.69) is 0 Å². The van der Waals surface area contributed by atoms with Crippen LogP contribution in [0.1, 0.15) is 25.7 Å². The summed E-state index contributed by atoms with van der Waals surface area (Å²) in [4.78, 5) is 56.3. The molecule has 0 atom stereocenters. The largest absolute Gasteiger partial charge is 0.481 e. The van der Waals surface area contributed by atoms with Crippen molar-refractivity contribution < 1.29 is 29.1 Å². The number of nitrogens with one attached hydrogen (secondary N) is 2. The molecule has 110 valence electrons. The molecule has 1 rings (SSSR count). The Morgan fingerprint density at radius 2 is 1.65 bits per heavy atom. The van der Waals surface area contributed by atoms with Crippen molar-refractivity contribution in [3.63, 3.8) is 0 Å². The first-order valence-electron chi connectivity index (χ1n) is 6.01. The molecule has 0 aromatic heterocycles. The van der Waals surface area contributed by atoms with Crippen LogP contribution in [0.3, 0.4) is 0 Å². The van der Waals surface area contributed by atoms with E-state index in [1.54, 1.807) is 0 Å². The maximum Gasteiger partial charge on any atom is 0.324 e. The van der Waals surface area contributed by atoms with Crippen LogP contribution in [-0.4, -0.2) is 52.8 Å². The van der Waals surface area contributed by atoms with Gasteiger partial charge in [-0.1, -0.05) is 0 Å². The Kier molecular flexibility index (Phi) is 5.63. The first kappa shape index (κ1) is 15.6. The molecule has 0 unspecified atom stereocenters. The number of aliphatic carboxylic acids is 1. The van der Waals surface area contributed by atoms with Crippen molar-refractivity contribution >= 4 is 29.7 Å². The number of hydrogen-bond donors (Lipinski definition) is 3. The Bertz CT molecular complexity index is 431. The molecule has 1 saturated heterocycles. The third-order valence-corrected chi connectivity index (χ3v) is 2.53. The minimum Gasteiger partial charge on any atom is -0.481 e. The number of imide groups is 2. The highest BCUT2D eigenvalue weighted by atomic mass is 16.4. The van der Waals surface area contributed by atoms with Crippen LogP contribution in [0.15, 0.2) is 0 Å². The zero-order valence-electron chi connectivity index (χ0n) is 10.7. The Balaban J connectivity index is 2.30. The summed E-state index contributed by atoms with van der Waals surface area (Å²) >= 11 is 0. The molecule has 3 N–H and O–H groups in total. The Morgan fingerprint density at radius 3 is 2.20 bits per heavy atom. The van der Waals surface area contributed by atoms with E-state index in [9.17, 15) is 24.0 Å². The predicted molar refractivity (Wildman–Crippen MR) is 64.4 cm³/mol. The van der Waals surface area contributed by atoms with Crippen LogP contribution in [0.5, 0.6) is 0 Å². The van der Waals surface area contributed by atoms with Crippen LogP contribution < -0.4 is 10.6 Å². The summed E-state index contributed by atoms with van der Waals surface area (Å²) < 4.78 is 0.